The molecule has 1 aromatic carbocycles. The number of hydrogen-bond acceptors (Lipinski definition) is 4. The van der Waals surface area contributed by atoms with Gasteiger partial charge in [0.2, 0.25) is 5.89 Å². The van der Waals surface area contributed by atoms with Crippen molar-refractivity contribution in [3.63, 3.8) is 0 Å². The van der Waals surface area contributed by atoms with Crippen molar-refractivity contribution in [1.29, 1.82) is 0 Å². The highest BCUT2D eigenvalue weighted by atomic mass is 19.1. The molecule has 0 bridgehead atoms. The van der Waals surface area contributed by atoms with E-state index < -0.39 is 0 Å². The number of halogens is 1. The molecule has 0 atom stereocenters. The van der Waals surface area contributed by atoms with Gasteiger partial charge in [-0.1, -0.05) is 6.07 Å². The Morgan fingerprint density at radius 2 is 2.14 bits per heavy atom. The minimum Gasteiger partial charge on any atom is -0.444 e. The Balaban J connectivity index is 1.88. The van der Waals surface area contributed by atoms with Crippen molar-refractivity contribution in [2.45, 2.75) is 25.8 Å². The van der Waals surface area contributed by atoms with E-state index in [0.29, 0.717) is 18.0 Å². The van der Waals surface area contributed by atoms with Crippen LogP contribution in [-0.2, 0) is 6.54 Å². The van der Waals surface area contributed by atoms with Crippen LogP contribution in [0.15, 0.2) is 34.9 Å². The molecule has 0 aliphatic rings. The van der Waals surface area contributed by atoms with Crippen LogP contribution in [0.1, 0.15) is 25.0 Å². The van der Waals surface area contributed by atoms with Gasteiger partial charge < -0.3 is 14.4 Å². The number of rotatable bonds is 8. The van der Waals surface area contributed by atoms with E-state index in [0.717, 1.165) is 31.5 Å². The van der Waals surface area contributed by atoms with E-state index in [-0.39, 0.29) is 12.4 Å². The van der Waals surface area contributed by atoms with E-state index in [1.54, 1.807) is 18.4 Å². The van der Waals surface area contributed by atoms with Gasteiger partial charge in [0.25, 0.3) is 0 Å². The zero-order chi connectivity index (χ0) is 15.1. The summed E-state index contributed by atoms with van der Waals surface area (Å²) in [7, 11) is 2.02. The lowest BCUT2D eigenvalue weighted by atomic mass is 10.2. The molecule has 0 radical (unpaired) electrons. The lowest BCUT2D eigenvalue weighted by Gasteiger charge is -2.14. The predicted octanol–water partition coefficient (Wildman–Crippen LogP) is 3.08. The van der Waals surface area contributed by atoms with Crippen LogP contribution in [0, 0.1) is 5.82 Å². The third kappa shape index (κ3) is 4.95. The average molecular weight is 292 g/mol. The van der Waals surface area contributed by atoms with E-state index in [4.69, 9.17) is 9.52 Å². The molecule has 1 heterocycles. The maximum Gasteiger partial charge on any atom is 0.226 e. The second-order valence-electron chi connectivity index (χ2n) is 5.18. The van der Waals surface area contributed by atoms with Gasteiger partial charge in [-0.3, -0.25) is 0 Å². The minimum atomic E-state index is -0.298. The van der Waals surface area contributed by atoms with Gasteiger partial charge in [0, 0.05) is 18.7 Å². The number of benzene rings is 1. The molecule has 0 amide bonds. The van der Waals surface area contributed by atoms with Crippen LogP contribution in [0.25, 0.3) is 11.5 Å². The number of aromatic nitrogens is 1. The Morgan fingerprint density at radius 1 is 1.29 bits per heavy atom. The predicted molar refractivity (Wildman–Crippen MR) is 79.2 cm³/mol. The summed E-state index contributed by atoms with van der Waals surface area (Å²) >= 11 is 0. The lowest BCUT2D eigenvalue weighted by Crippen LogP contribution is -2.19. The van der Waals surface area contributed by atoms with Crippen molar-refractivity contribution in [2.24, 2.45) is 0 Å². The first-order valence-electron chi connectivity index (χ1n) is 7.19. The summed E-state index contributed by atoms with van der Waals surface area (Å²) in [5.74, 6) is 0.145. The van der Waals surface area contributed by atoms with E-state index in [9.17, 15) is 4.39 Å². The summed E-state index contributed by atoms with van der Waals surface area (Å²) in [5.41, 5.74) is 1.48. The molecule has 2 rings (SSSR count). The van der Waals surface area contributed by atoms with Gasteiger partial charge in [-0.15, -0.1) is 0 Å². The van der Waals surface area contributed by atoms with Gasteiger partial charge in [-0.2, -0.15) is 0 Å². The first-order chi connectivity index (χ1) is 10.2. The second-order valence-corrected chi connectivity index (χ2v) is 5.18. The number of nitrogens with zero attached hydrogens (tertiary/aromatic N) is 2. The van der Waals surface area contributed by atoms with Crippen molar-refractivity contribution in [3.8, 4) is 11.5 Å². The molecule has 21 heavy (non-hydrogen) atoms. The van der Waals surface area contributed by atoms with E-state index in [1.807, 2.05) is 7.05 Å². The first-order valence-corrected chi connectivity index (χ1v) is 7.19. The zero-order valence-corrected chi connectivity index (χ0v) is 12.3. The van der Waals surface area contributed by atoms with Crippen LogP contribution >= 0.6 is 0 Å². The molecule has 0 aliphatic heterocycles. The van der Waals surface area contributed by atoms with Crippen molar-refractivity contribution in [3.05, 3.63) is 42.0 Å². The summed E-state index contributed by atoms with van der Waals surface area (Å²) in [4.78, 5) is 6.55. The molecule has 4 nitrogen and oxygen atoms in total. The molecule has 1 N–H and O–H groups in total. The summed E-state index contributed by atoms with van der Waals surface area (Å²) in [6.07, 6.45) is 4.53. The maximum atomic E-state index is 13.2. The summed E-state index contributed by atoms with van der Waals surface area (Å²) in [5, 5.41) is 8.73. The van der Waals surface area contributed by atoms with Crippen molar-refractivity contribution >= 4 is 0 Å². The van der Waals surface area contributed by atoms with Gasteiger partial charge >= 0.3 is 0 Å². The highest BCUT2D eigenvalue weighted by molar-refractivity contribution is 5.52. The lowest BCUT2D eigenvalue weighted by molar-refractivity contribution is 0.270. The number of unbranched alkanes of at least 4 members (excludes halogenated alkanes) is 2. The van der Waals surface area contributed by atoms with Gasteiger partial charge in [0.05, 0.1) is 5.69 Å². The number of oxazole rings is 1. The van der Waals surface area contributed by atoms with E-state index in [2.05, 4.69) is 9.88 Å². The van der Waals surface area contributed by atoms with Gasteiger partial charge in [0.1, 0.15) is 12.1 Å². The van der Waals surface area contributed by atoms with Crippen LogP contribution in [-0.4, -0.2) is 35.2 Å². The SMILES string of the molecule is CN(CCCCCO)Cc1coc(-c2cccc(F)c2)n1. The maximum absolute atomic E-state index is 13.2. The molecule has 0 aliphatic carbocycles. The van der Waals surface area contributed by atoms with Crippen molar-refractivity contribution < 1.29 is 13.9 Å². The molecule has 0 saturated heterocycles. The summed E-state index contributed by atoms with van der Waals surface area (Å²) < 4.78 is 18.6. The smallest absolute Gasteiger partial charge is 0.226 e. The standard InChI is InChI=1S/C16H21FN2O2/c1-19(8-3-2-4-9-20)11-15-12-21-16(18-15)13-6-5-7-14(17)10-13/h5-7,10,12,20H,2-4,8-9,11H2,1H3. The number of hydrogen-bond donors (Lipinski definition) is 1. The minimum absolute atomic E-state index is 0.254. The van der Waals surface area contributed by atoms with Crippen LogP contribution in [0.4, 0.5) is 4.39 Å². The molecule has 0 saturated carbocycles. The summed E-state index contributed by atoms with van der Waals surface area (Å²) in [6, 6.07) is 6.22. The van der Waals surface area contributed by atoms with E-state index >= 15 is 0 Å². The Kier molecular flexibility index (Phi) is 5.90. The number of aliphatic hydroxyl groups excluding tert-OH is 1. The highest BCUT2D eigenvalue weighted by Gasteiger charge is 2.09. The fourth-order valence-electron chi connectivity index (χ4n) is 2.16. The molecule has 114 valence electrons. The Labute approximate surface area is 124 Å². The first kappa shape index (κ1) is 15.7. The molecule has 2 aromatic rings. The molecule has 0 spiro atoms. The van der Waals surface area contributed by atoms with E-state index in [1.165, 1.54) is 12.1 Å². The van der Waals surface area contributed by atoms with Crippen LogP contribution in [0.5, 0.6) is 0 Å². The largest absolute Gasteiger partial charge is 0.444 e. The molecule has 1 aromatic heterocycles. The van der Waals surface area contributed by atoms with Crippen molar-refractivity contribution in [2.75, 3.05) is 20.2 Å². The monoisotopic (exact) mass is 292 g/mol. The summed E-state index contributed by atoms with van der Waals surface area (Å²) in [6.45, 7) is 1.89. The normalized spacial score (nSPS) is 11.2. The molecular formula is C16H21FN2O2. The Morgan fingerprint density at radius 3 is 2.90 bits per heavy atom. The molecule has 0 unspecified atom stereocenters. The van der Waals surface area contributed by atoms with Crippen LogP contribution in [0.3, 0.4) is 0 Å². The number of aliphatic hydroxyl groups is 1. The zero-order valence-electron chi connectivity index (χ0n) is 12.3. The van der Waals surface area contributed by atoms with Gasteiger partial charge in [-0.25, -0.2) is 9.37 Å². The highest BCUT2D eigenvalue weighted by Crippen LogP contribution is 2.19. The molecule has 0 fully saturated rings. The topological polar surface area (TPSA) is 49.5 Å². The van der Waals surface area contributed by atoms with Gasteiger partial charge in [-0.05, 0) is 51.1 Å². The third-order valence-electron chi connectivity index (χ3n) is 3.25. The fraction of sp³-hybridized carbons (Fsp3) is 0.438. The van der Waals surface area contributed by atoms with Crippen LogP contribution in [0.2, 0.25) is 0 Å². The Bertz CT molecular complexity index is 557. The average Bonchev–Trinajstić information content (AvgIpc) is 2.92. The second kappa shape index (κ2) is 7.90. The van der Waals surface area contributed by atoms with Crippen molar-refractivity contribution in [1.82, 2.24) is 9.88 Å². The Hall–Kier alpha value is -1.72. The quantitative estimate of drug-likeness (QED) is 0.760. The molecular weight excluding hydrogens is 271 g/mol. The third-order valence-corrected chi connectivity index (χ3v) is 3.25. The van der Waals surface area contributed by atoms with Gasteiger partial charge in [0.15, 0.2) is 0 Å². The molecule has 5 heteroatoms. The van der Waals surface area contributed by atoms with Crippen LogP contribution < -0.4 is 0 Å². The fourth-order valence-corrected chi connectivity index (χ4v) is 2.16.